The molecule has 0 aliphatic rings. The third-order valence-electron chi connectivity index (χ3n) is 2.60. The van der Waals surface area contributed by atoms with Crippen LogP contribution >= 0.6 is 0 Å². The molecule has 1 atom stereocenters. The highest BCUT2D eigenvalue weighted by Crippen LogP contribution is 2.21. The molecule has 2 rings (SSSR count). The molecule has 0 aromatic carbocycles. The second kappa shape index (κ2) is 4.75. The molecule has 3 heteroatoms. The lowest BCUT2D eigenvalue weighted by atomic mass is 10.2. The molecule has 0 N–H and O–H groups in total. The minimum Gasteiger partial charge on any atom is -0.256 e. The summed E-state index contributed by atoms with van der Waals surface area (Å²) in [6.07, 6.45) is 6.49. The number of pyridine rings is 1. The lowest BCUT2D eigenvalue weighted by Crippen LogP contribution is -2.08. The van der Waals surface area contributed by atoms with Crippen LogP contribution < -0.4 is 0 Å². The monoisotopic (exact) mass is 213 g/mol. The molecule has 3 nitrogen and oxygen atoms in total. The molecule has 0 spiro atoms. The van der Waals surface area contributed by atoms with E-state index in [4.69, 9.17) is 0 Å². The van der Waals surface area contributed by atoms with Gasteiger partial charge in [0.25, 0.3) is 0 Å². The molecule has 82 valence electrons. The lowest BCUT2D eigenvalue weighted by molar-refractivity contribution is 0.530. The van der Waals surface area contributed by atoms with Crippen LogP contribution in [0.3, 0.4) is 0 Å². The molecule has 0 radical (unpaired) electrons. The number of hydrogen-bond donors (Lipinski definition) is 0. The minimum absolute atomic E-state index is 0.229. The normalized spacial score (nSPS) is 12.3. The Kier molecular flexibility index (Phi) is 3.15. The maximum absolute atomic E-state index is 4.34. The number of hydrogen-bond acceptors (Lipinski definition) is 2. The van der Waals surface area contributed by atoms with E-state index in [-0.39, 0.29) is 6.04 Å². The summed E-state index contributed by atoms with van der Waals surface area (Å²) in [6.45, 7) is 5.96. The van der Waals surface area contributed by atoms with Gasteiger partial charge in [0.2, 0.25) is 0 Å². The summed E-state index contributed by atoms with van der Waals surface area (Å²) >= 11 is 0. The standard InChI is InChI=1S/C13H15N3/c1-3-11(4-2)16-13(8-10-15-16)12-7-5-6-9-14-12/h3,5-11H,1,4H2,2H3. The number of rotatable bonds is 4. The van der Waals surface area contributed by atoms with Crippen molar-refractivity contribution in [2.45, 2.75) is 19.4 Å². The maximum atomic E-state index is 4.34. The first-order chi connectivity index (χ1) is 7.86. The van der Waals surface area contributed by atoms with Gasteiger partial charge in [0.15, 0.2) is 0 Å². The van der Waals surface area contributed by atoms with E-state index < -0.39 is 0 Å². The van der Waals surface area contributed by atoms with Crippen molar-refractivity contribution in [3.8, 4) is 11.4 Å². The molecule has 0 saturated heterocycles. The Morgan fingerprint density at radius 1 is 1.38 bits per heavy atom. The Morgan fingerprint density at radius 2 is 2.25 bits per heavy atom. The van der Waals surface area contributed by atoms with Crippen molar-refractivity contribution in [2.24, 2.45) is 0 Å². The number of aromatic nitrogens is 3. The van der Waals surface area contributed by atoms with Crippen LogP contribution in [-0.4, -0.2) is 14.8 Å². The highest BCUT2D eigenvalue weighted by atomic mass is 15.3. The first-order valence-corrected chi connectivity index (χ1v) is 5.44. The van der Waals surface area contributed by atoms with Crippen LogP contribution in [0.5, 0.6) is 0 Å². The van der Waals surface area contributed by atoms with Gasteiger partial charge in [-0.05, 0) is 24.6 Å². The van der Waals surface area contributed by atoms with Crippen molar-refractivity contribution < 1.29 is 0 Å². The van der Waals surface area contributed by atoms with E-state index in [1.165, 1.54) is 0 Å². The van der Waals surface area contributed by atoms with Crippen molar-refractivity contribution in [1.29, 1.82) is 0 Å². The van der Waals surface area contributed by atoms with Crippen LogP contribution in [-0.2, 0) is 0 Å². The van der Waals surface area contributed by atoms with Gasteiger partial charge in [0.05, 0.1) is 17.4 Å². The van der Waals surface area contributed by atoms with Crippen LogP contribution in [0.2, 0.25) is 0 Å². The highest BCUT2D eigenvalue weighted by Gasteiger charge is 2.11. The Labute approximate surface area is 95.5 Å². The van der Waals surface area contributed by atoms with Crippen molar-refractivity contribution in [3.05, 3.63) is 49.3 Å². The zero-order chi connectivity index (χ0) is 11.4. The third kappa shape index (κ3) is 1.89. The van der Waals surface area contributed by atoms with Gasteiger partial charge >= 0.3 is 0 Å². The first-order valence-electron chi connectivity index (χ1n) is 5.44. The van der Waals surface area contributed by atoms with E-state index in [0.717, 1.165) is 17.8 Å². The van der Waals surface area contributed by atoms with E-state index in [0.29, 0.717) is 0 Å². The lowest BCUT2D eigenvalue weighted by Gasteiger charge is -2.13. The molecule has 2 heterocycles. The van der Waals surface area contributed by atoms with Gasteiger partial charge < -0.3 is 0 Å². The van der Waals surface area contributed by atoms with Crippen LogP contribution in [0.4, 0.5) is 0 Å². The van der Waals surface area contributed by atoms with E-state index >= 15 is 0 Å². The molecule has 0 aliphatic heterocycles. The Balaban J connectivity index is 2.43. The zero-order valence-corrected chi connectivity index (χ0v) is 9.37. The summed E-state index contributed by atoms with van der Waals surface area (Å²) < 4.78 is 1.97. The van der Waals surface area contributed by atoms with Crippen molar-refractivity contribution >= 4 is 0 Å². The first kappa shape index (κ1) is 10.6. The van der Waals surface area contributed by atoms with Gasteiger partial charge in [0.1, 0.15) is 0 Å². The van der Waals surface area contributed by atoms with Crippen molar-refractivity contribution in [1.82, 2.24) is 14.8 Å². The van der Waals surface area contributed by atoms with Gasteiger partial charge in [-0.15, -0.1) is 6.58 Å². The molecule has 0 bridgehead atoms. The topological polar surface area (TPSA) is 30.7 Å². The second-order valence-corrected chi connectivity index (χ2v) is 3.59. The Hall–Kier alpha value is -1.90. The minimum atomic E-state index is 0.229. The van der Waals surface area contributed by atoms with Crippen LogP contribution in [0.15, 0.2) is 49.3 Å². The smallest absolute Gasteiger partial charge is 0.0883 e. The van der Waals surface area contributed by atoms with Gasteiger partial charge in [-0.2, -0.15) is 5.10 Å². The largest absolute Gasteiger partial charge is 0.256 e. The molecule has 0 aliphatic carbocycles. The molecule has 0 fully saturated rings. The van der Waals surface area contributed by atoms with E-state index in [1.54, 1.807) is 12.4 Å². The quantitative estimate of drug-likeness (QED) is 0.731. The Bertz CT molecular complexity index is 459. The zero-order valence-electron chi connectivity index (χ0n) is 9.37. The number of allylic oxidation sites excluding steroid dienone is 1. The third-order valence-corrected chi connectivity index (χ3v) is 2.60. The summed E-state index contributed by atoms with van der Waals surface area (Å²) in [5, 5.41) is 4.34. The summed E-state index contributed by atoms with van der Waals surface area (Å²) in [7, 11) is 0. The van der Waals surface area contributed by atoms with Crippen LogP contribution in [0, 0.1) is 0 Å². The molecule has 2 aromatic rings. The van der Waals surface area contributed by atoms with Gasteiger partial charge in [-0.25, -0.2) is 0 Å². The SMILES string of the molecule is C=CC(CC)n1nccc1-c1ccccn1. The highest BCUT2D eigenvalue weighted by molar-refractivity contribution is 5.53. The maximum Gasteiger partial charge on any atom is 0.0883 e. The van der Waals surface area contributed by atoms with Gasteiger partial charge in [0, 0.05) is 12.4 Å². The predicted octanol–water partition coefficient (Wildman–Crippen LogP) is 3.08. The molecule has 16 heavy (non-hydrogen) atoms. The van der Waals surface area contributed by atoms with Gasteiger partial charge in [-0.1, -0.05) is 19.1 Å². The summed E-state index contributed by atoms with van der Waals surface area (Å²) in [5.41, 5.74) is 1.98. The van der Waals surface area contributed by atoms with Crippen LogP contribution in [0.1, 0.15) is 19.4 Å². The number of nitrogens with zero attached hydrogens (tertiary/aromatic N) is 3. The Morgan fingerprint density at radius 3 is 2.88 bits per heavy atom. The van der Waals surface area contributed by atoms with Gasteiger partial charge in [-0.3, -0.25) is 9.67 Å². The van der Waals surface area contributed by atoms with E-state index in [9.17, 15) is 0 Å². The van der Waals surface area contributed by atoms with Crippen LogP contribution in [0.25, 0.3) is 11.4 Å². The van der Waals surface area contributed by atoms with E-state index in [2.05, 4.69) is 23.6 Å². The van der Waals surface area contributed by atoms with Crippen molar-refractivity contribution in [2.75, 3.05) is 0 Å². The fourth-order valence-corrected chi connectivity index (χ4v) is 1.74. The molecular weight excluding hydrogens is 198 g/mol. The van der Waals surface area contributed by atoms with E-state index in [1.807, 2.05) is 35.0 Å². The summed E-state index contributed by atoms with van der Waals surface area (Å²) in [5.74, 6) is 0. The fourth-order valence-electron chi connectivity index (χ4n) is 1.74. The fraction of sp³-hybridized carbons (Fsp3) is 0.231. The average Bonchev–Trinajstić information content (AvgIpc) is 2.81. The summed E-state index contributed by atoms with van der Waals surface area (Å²) in [4.78, 5) is 4.34. The average molecular weight is 213 g/mol. The summed E-state index contributed by atoms with van der Waals surface area (Å²) in [6, 6.07) is 8.09. The molecular formula is C13H15N3. The van der Waals surface area contributed by atoms with Crippen molar-refractivity contribution in [3.63, 3.8) is 0 Å². The molecule has 2 aromatic heterocycles. The second-order valence-electron chi connectivity index (χ2n) is 3.59. The predicted molar refractivity (Wildman–Crippen MR) is 65.0 cm³/mol. The molecule has 1 unspecified atom stereocenters. The molecule has 0 amide bonds. The molecule has 0 saturated carbocycles.